The second kappa shape index (κ2) is 8.45. The number of rotatable bonds is 6. The van der Waals surface area contributed by atoms with Crippen LogP contribution in [-0.4, -0.2) is 44.9 Å². The molecule has 32 heavy (non-hydrogen) atoms. The molecule has 8 nitrogen and oxygen atoms in total. The van der Waals surface area contributed by atoms with Gasteiger partial charge < -0.3 is 15.0 Å². The fourth-order valence-electron chi connectivity index (χ4n) is 4.39. The van der Waals surface area contributed by atoms with E-state index in [2.05, 4.69) is 32.3 Å². The van der Waals surface area contributed by atoms with Gasteiger partial charge in [-0.3, -0.25) is 4.68 Å². The molecule has 164 valence electrons. The SMILES string of the molecule is COc1cc(-c2cnn(C)c2)ccc1Nc1ncc2ccnc(N(C)C3CCCC3)c2n1. The van der Waals surface area contributed by atoms with Crippen molar-refractivity contribution in [2.24, 2.45) is 7.05 Å². The number of aromatic nitrogens is 5. The van der Waals surface area contributed by atoms with Crippen molar-refractivity contribution in [3.05, 3.63) is 49.1 Å². The third-order valence-electron chi connectivity index (χ3n) is 6.17. The zero-order valence-corrected chi connectivity index (χ0v) is 18.6. The summed E-state index contributed by atoms with van der Waals surface area (Å²) in [6.07, 6.45) is 12.4. The van der Waals surface area contributed by atoms with Gasteiger partial charge in [0.15, 0.2) is 5.82 Å². The van der Waals surface area contributed by atoms with Crippen LogP contribution in [-0.2, 0) is 7.05 Å². The highest BCUT2D eigenvalue weighted by Gasteiger charge is 2.22. The van der Waals surface area contributed by atoms with Crippen molar-refractivity contribution in [1.29, 1.82) is 0 Å². The quantitative estimate of drug-likeness (QED) is 0.481. The Hall–Kier alpha value is -3.68. The second-order valence-electron chi connectivity index (χ2n) is 8.26. The van der Waals surface area contributed by atoms with E-state index >= 15 is 0 Å². The minimum atomic E-state index is 0.513. The summed E-state index contributed by atoms with van der Waals surface area (Å²) < 4.78 is 7.42. The molecule has 4 aromatic rings. The first kappa shape index (κ1) is 20.2. The average Bonchev–Trinajstić information content (AvgIpc) is 3.51. The number of nitrogens with one attached hydrogen (secondary N) is 1. The number of pyridine rings is 1. The van der Waals surface area contributed by atoms with Crippen molar-refractivity contribution in [3.8, 4) is 16.9 Å². The van der Waals surface area contributed by atoms with Gasteiger partial charge >= 0.3 is 0 Å². The predicted octanol–water partition coefficient (Wildman–Crippen LogP) is 4.56. The molecule has 8 heteroatoms. The van der Waals surface area contributed by atoms with Crippen LogP contribution in [0.1, 0.15) is 25.7 Å². The fraction of sp³-hybridized carbons (Fsp3) is 0.333. The molecule has 1 aromatic carbocycles. The monoisotopic (exact) mass is 429 g/mol. The molecule has 5 rings (SSSR count). The van der Waals surface area contributed by atoms with Gasteiger partial charge in [-0.2, -0.15) is 5.10 Å². The maximum atomic E-state index is 5.64. The lowest BCUT2D eigenvalue weighted by Crippen LogP contribution is -2.29. The van der Waals surface area contributed by atoms with Gasteiger partial charge in [0.05, 0.1) is 19.0 Å². The molecule has 0 bridgehead atoms. The van der Waals surface area contributed by atoms with Gasteiger partial charge in [0.2, 0.25) is 5.95 Å². The molecule has 0 amide bonds. The number of hydrogen-bond donors (Lipinski definition) is 1. The molecular formula is C24H27N7O. The standard InChI is InChI=1S/C24H27N7O/c1-30-15-18(14-27-30)16-8-9-20(21(12-16)32-3)28-24-26-13-17-10-11-25-23(22(17)29-24)31(2)19-6-4-5-7-19/h8-15,19H,4-7H2,1-3H3,(H,26,28,29). The van der Waals surface area contributed by atoms with Crippen LogP contribution in [0.2, 0.25) is 0 Å². The molecule has 0 saturated heterocycles. The normalized spacial score (nSPS) is 14.1. The van der Waals surface area contributed by atoms with E-state index < -0.39 is 0 Å². The zero-order valence-electron chi connectivity index (χ0n) is 18.6. The van der Waals surface area contributed by atoms with Gasteiger partial charge in [-0.15, -0.1) is 0 Å². The average molecular weight is 430 g/mol. The number of aryl methyl sites for hydroxylation is 1. The van der Waals surface area contributed by atoms with Crippen LogP contribution < -0.4 is 15.0 Å². The molecule has 1 aliphatic rings. The van der Waals surface area contributed by atoms with Gasteiger partial charge in [-0.1, -0.05) is 18.9 Å². The summed E-state index contributed by atoms with van der Waals surface area (Å²) in [5, 5.41) is 8.55. The second-order valence-corrected chi connectivity index (χ2v) is 8.26. The lowest BCUT2D eigenvalue weighted by Gasteiger charge is -2.26. The number of fused-ring (bicyclic) bond motifs is 1. The molecule has 0 unspecified atom stereocenters. The molecule has 0 radical (unpaired) electrons. The van der Waals surface area contributed by atoms with E-state index in [1.165, 1.54) is 25.7 Å². The Balaban J connectivity index is 1.47. The lowest BCUT2D eigenvalue weighted by molar-refractivity contribution is 0.417. The van der Waals surface area contributed by atoms with E-state index in [-0.39, 0.29) is 0 Å². The van der Waals surface area contributed by atoms with Crippen LogP contribution in [0.15, 0.2) is 49.1 Å². The molecule has 0 spiro atoms. The minimum Gasteiger partial charge on any atom is -0.495 e. The van der Waals surface area contributed by atoms with E-state index in [0.29, 0.717) is 17.7 Å². The Kier molecular flexibility index (Phi) is 5.34. The topological polar surface area (TPSA) is 81.0 Å². The Labute approximate surface area is 187 Å². The molecular weight excluding hydrogens is 402 g/mol. The summed E-state index contributed by atoms with van der Waals surface area (Å²) >= 11 is 0. The minimum absolute atomic E-state index is 0.513. The largest absolute Gasteiger partial charge is 0.495 e. The van der Waals surface area contributed by atoms with Crippen LogP contribution in [0.5, 0.6) is 5.75 Å². The molecule has 3 heterocycles. The first-order valence-corrected chi connectivity index (χ1v) is 10.9. The van der Waals surface area contributed by atoms with E-state index in [0.717, 1.165) is 33.5 Å². The first-order chi connectivity index (χ1) is 15.6. The number of hydrogen-bond acceptors (Lipinski definition) is 7. The van der Waals surface area contributed by atoms with Crippen molar-refractivity contribution in [2.45, 2.75) is 31.7 Å². The summed E-state index contributed by atoms with van der Waals surface area (Å²) in [4.78, 5) is 16.3. The van der Waals surface area contributed by atoms with E-state index in [1.807, 2.05) is 56.1 Å². The molecule has 1 N–H and O–H groups in total. The lowest BCUT2D eigenvalue weighted by atomic mass is 10.1. The maximum absolute atomic E-state index is 5.64. The number of benzene rings is 1. The number of nitrogens with zero attached hydrogens (tertiary/aromatic N) is 6. The number of methoxy groups -OCH3 is 1. The summed E-state index contributed by atoms with van der Waals surface area (Å²) in [7, 11) is 5.68. The number of anilines is 3. The third-order valence-corrected chi connectivity index (χ3v) is 6.17. The van der Waals surface area contributed by atoms with Gasteiger partial charge in [-0.05, 0) is 36.6 Å². The van der Waals surface area contributed by atoms with Crippen LogP contribution in [0.3, 0.4) is 0 Å². The summed E-state index contributed by atoms with van der Waals surface area (Å²) in [6.45, 7) is 0. The van der Waals surface area contributed by atoms with Crippen LogP contribution in [0, 0.1) is 0 Å². The highest BCUT2D eigenvalue weighted by molar-refractivity contribution is 5.89. The summed E-state index contributed by atoms with van der Waals surface area (Å²) in [5.74, 6) is 2.13. The van der Waals surface area contributed by atoms with E-state index in [9.17, 15) is 0 Å². The zero-order chi connectivity index (χ0) is 22.1. The van der Waals surface area contributed by atoms with Gasteiger partial charge in [0.25, 0.3) is 0 Å². The van der Waals surface area contributed by atoms with Crippen LogP contribution in [0.25, 0.3) is 22.0 Å². The van der Waals surface area contributed by atoms with Crippen molar-refractivity contribution in [2.75, 3.05) is 24.4 Å². The Morgan fingerprint density at radius 2 is 1.94 bits per heavy atom. The van der Waals surface area contributed by atoms with Gasteiger partial charge in [0, 0.05) is 49.7 Å². The van der Waals surface area contributed by atoms with Gasteiger partial charge in [-0.25, -0.2) is 15.0 Å². The molecule has 0 aliphatic heterocycles. The van der Waals surface area contributed by atoms with E-state index in [1.54, 1.807) is 11.8 Å². The van der Waals surface area contributed by atoms with Gasteiger partial charge in [0.1, 0.15) is 11.3 Å². The molecule has 0 atom stereocenters. The van der Waals surface area contributed by atoms with Crippen LogP contribution >= 0.6 is 0 Å². The fourth-order valence-corrected chi connectivity index (χ4v) is 4.39. The highest BCUT2D eigenvalue weighted by Crippen LogP contribution is 2.33. The highest BCUT2D eigenvalue weighted by atomic mass is 16.5. The first-order valence-electron chi connectivity index (χ1n) is 10.9. The molecule has 1 fully saturated rings. The van der Waals surface area contributed by atoms with E-state index in [4.69, 9.17) is 9.72 Å². The van der Waals surface area contributed by atoms with Crippen molar-refractivity contribution >= 4 is 28.4 Å². The predicted molar refractivity (Wildman–Crippen MR) is 126 cm³/mol. The third kappa shape index (κ3) is 3.84. The smallest absolute Gasteiger partial charge is 0.227 e. The summed E-state index contributed by atoms with van der Waals surface area (Å²) in [6, 6.07) is 8.46. The molecule has 1 aliphatic carbocycles. The van der Waals surface area contributed by atoms with Crippen molar-refractivity contribution in [3.63, 3.8) is 0 Å². The van der Waals surface area contributed by atoms with Crippen LogP contribution in [0.4, 0.5) is 17.5 Å². The van der Waals surface area contributed by atoms with Crippen molar-refractivity contribution < 1.29 is 4.74 Å². The summed E-state index contributed by atoms with van der Waals surface area (Å²) in [5.41, 5.74) is 3.72. The van der Waals surface area contributed by atoms with Crippen molar-refractivity contribution in [1.82, 2.24) is 24.7 Å². The Morgan fingerprint density at radius 3 is 2.69 bits per heavy atom. The molecule has 3 aromatic heterocycles. The Morgan fingerprint density at radius 1 is 1.09 bits per heavy atom. The number of ether oxygens (including phenoxy) is 1. The molecule has 1 saturated carbocycles. The Bertz CT molecular complexity index is 1250. The maximum Gasteiger partial charge on any atom is 0.227 e.